The summed E-state index contributed by atoms with van der Waals surface area (Å²) in [5.74, 6) is 1.48. The zero-order valence-corrected chi connectivity index (χ0v) is 20.3. The number of methoxy groups -OCH3 is 1. The van der Waals surface area contributed by atoms with Gasteiger partial charge in [-0.15, -0.1) is 0 Å². The predicted octanol–water partition coefficient (Wildman–Crippen LogP) is 3.16. The third-order valence-corrected chi connectivity index (χ3v) is 5.93. The van der Waals surface area contributed by atoms with Gasteiger partial charge in [0.05, 0.1) is 24.2 Å². The van der Waals surface area contributed by atoms with Crippen LogP contribution in [-0.4, -0.2) is 45.7 Å². The fraction of sp³-hybridized carbons (Fsp3) is 0.185. The molecule has 0 radical (unpaired) electrons. The Hall–Kier alpha value is -4.54. The first-order chi connectivity index (χ1) is 18.1. The van der Waals surface area contributed by atoms with E-state index < -0.39 is 5.91 Å². The topological polar surface area (TPSA) is 143 Å². The lowest BCUT2D eigenvalue weighted by molar-refractivity contribution is 0.100. The Labute approximate surface area is 213 Å². The molecule has 10 heteroatoms. The molecule has 0 atom stereocenters. The molecule has 5 N–H and O–H groups in total. The van der Waals surface area contributed by atoms with Crippen LogP contribution < -0.4 is 21.5 Å². The normalized spacial score (nSPS) is 11.2. The number of ether oxygens (including phenoxy) is 2. The van der Waals surface area contributed by atoms with Gasteiger partial charge in [0.15, 0.2) is 0 Å². The SMILES string of the molecule is COCCOc1cccc2c(NCc3ccccc3)nc(-n3c(CN)nc4c(C(N)=O)cccc43)nc12. The molecule has 0 spiro atoms. The van der Waals surface area contributed by atoms with Crippen molar-refractivity contribution < 1.29 is 14.3 Å². The summed E-state index contributed by atoms with van der Waals surface area (Å²) in [6, 6.07) is 21.0. The van der Waals surface area contributed by atoms with Crippen molar-refractivity contribution in [1.29, 1.82) is 0 Å². The fourth-order valence-electron chi connectivity index (χ4n) is 4.19. The van der Waals surface area contributed by atoms with E-state index in [9.17, 15) is 4.79 Å². The molecule has 0 bridgehead atoms. The van der Waals surface area contributed by atoms with Gasteiger partial charge in [-0.25, -0.2) is 9.97 Å². The molecule has 0 saturated heterocycles. The van der Waals surface area contributed by atoms with E-state index in [4.69, 9.17) is 30.9 Å². The number of benzene rings is 3. The number of nitrogens with two attached hydrogens (primary N) is 2. The molecular formula is C27H27N7O3. The van der Waals surface area contributed by atoms with Crippen molar-refractivity contribution in [3.63, 3.8) is 0 Å². The summed E-state index contributed by atoms with van der Waals surface area (Å²) in [6.45, 7) is 1.47. The van der Waals surface area contributed by atoms with E-state index in [0.29, 0.717) is 65.2 Å². The molecule has 37 heavy (non-hydrogen) atoms. The highest BCUT2D eigenvalue weighted by Crippen LogP contribution is 2.31. The Morgan fingerprint density at radius 3 is 2.51 bits per heavy atom. The molecule has 3 aromatic carbocycles. The number of para-hydroxylation sites is 2. The van der Waals surface area contributed by atoms with Crippen LogP contribution >= 0.6 is 0 Å². The van der Waals surface area contributed by atoms with Gasteiger partial charge in [0.25, 0.3) is 5.91 Å². The average Bonchev–Trinajstić information content (AvgIpc) is 3.31. The Balaban J connectivity index is 1.70. The maximum atomic E-state index is 12.1. The zero-order valence-electron chi connectivity index (χ0n) is 20.3. The number of nitrogens with zero attached hydrogens (tertiary/aromatic N) is 4. The average molecular weight is 498 g/mol. The number of carbonyl (C=O) groups excluding carboxylic acids is 1. The monoisotopic (exact) mass is 497 g/mol. The van der Waals surface area contributed by atoms with Crippen LogP contribution in [-0.2, 0) is 17.8 Å². The molecule has 2 aromatic heterocycles. The minimum atomic E-state index is -0.572. The lowest BCUT2D eigenvalue weighted by Crippen LogP contribution is -2.13. The lowest BCUT2D eigenvalue weighted by Gasteiger charge is -2.15. The largest absolute Gasteiger partial charge is 0.489 e. The number of hydrogen-bond acceptors (Lipinski definition) is 8. The molecule has 1 amide bonds. The summed E-state index contributed by atoms with van der Waals surface area (Å²) in [4.78, 5) is 26.4. The number of hydrogen-bond donors (Lipinski definition) is 3. The second kappa shape index (κ2) is 10.6. The number of carbonyl (C=O) groups is 1. The molecule has 5 aromatic rings. The van der Waals surface area contributed by atoms with Crippen LogP contribution in [0.1, 0.15) is 21.7 Å². The number of aromatic nitrogens is 4. The number of rotatable bonds is 10. The van der Waals surface area contributed by atoms with Crippen molar-refractivity contribution in [1.82, 2.24) is 19.5 Å². The van der Waals surface area contributed by atoms with Gasteiger partial charge in [0, 0.05) is 19.0 Å². The maximum absolute atomic E-state index is 12.1. The Morgan fingerprint density at radius 2 is 1.76 bits per heavy atom. The standard InChI is InChI=1S/C27H27N7O3/c1-36-13-14-37-21-12-6-10-19-24(21)32-27(33-26(19)30-16-17-7-3-2-4-8-17)34-20-11-5-9-18(25(29)35)23(20)31-22(34)15-28/h2-12H,13-16,28H2,1H3,(H2,29,35)(H,30,32,33). The zero-order chi connectivity index (χ0) is 25.8. The predicted molar refractivity (Wildman–Crippen MR) is 142 cm³/mol. The molecule has 188 valence electrons. The Bertz CT molecular complexity index is 1570. The molecule has 0 unspecified atom stereocenters. The quantitative estimate of drug-likeness (QED) is 0.250. The summed E-state index contributed by atoms with van der Waals surface area (Å²) >= 11 is 0. The van der Waals surface area contributed by atoms with E-state index in [0.717, 1.165) is 10.9 Å². The van der Waals surface area contributed by atoms with Crippen molar-refractivity contribution in [2.75, 3.05) is 25.6 Å². The molecule has 2 heterocycles. The van der Waals surface area contributed by atoms with E-state index in [1.54, 1.807) is 23.8 Å². The van der Waals surface area contributed by atoms with Crippen LogP contribution in [0.15, 0.2) is 66.7 Å². The lowest BCUT2D eigenvalue weighted by atomic mass is 10.2. The van der Waals surface area contributed by atoms with Gasteiger partial charge < -0.3 is 26.3 Å². The summed E-state index contributed by atoms with van der Waals surface area (Å²) in [7, 11) is 1.62. The van der Waals surface area contributed by atoms with Crippen molar-refractivity contribution in [3.8, 4) is 11.7 Å². The molecule has 0 aliphatic rings. The molecule has 0 fully saturated rings. The number of imidazole rings is 1. The van der Waals surface area contributed by atoms with Gasteiger partial charge in [-0.05, 0) is 29.8 Å². The van der Waals surface area contributed by atoms with E-state index >= 15 is 0 Å². The number of anilines is 1. The Kier molecular flexibility index (Phi) is 6.93. The van der Waals surface area contributed by atoms with Crippen LogP contribution in [0.5, 0.6) is 5.75 Å². The van der Waals surface area contributed by atoms with Gasteiger partial charge in [-0.1, -0.05) is 42.5 Å². The van der Waals surface area contributed by atoms with Crippen LogP contribution in [0.2, 0.25) is 0 Å². The number of nitrogens with one attached hydrogen (secondary N) is 1. The van der Waals surface area contributed by atoms with Gasteiger partial charge in [-0.2, -0.15) is 4.98 Å². The van der Waals surface area contributed by atoms with E-state index in [2.05, 4.69) is 10.3 Å². The first-order valence-electron chi connectivity index (χ1n) is 11.8. The molecular weight excluding hydrogens is 470 g/mol. The first-order valence-corrected chi connectivity index (χ1v) is 11.8. The first kappa shape index (κ1) is 24.2. The van der Waals surface area contributed by atoms with Crippen LogP contribution in [0.4, 0.5) is 5.82 Å². The highest BCUT2D eigenvalue weighted by molar-refractivity contribution is 6.04. The molecule has 5 rings (SSSR count). The number of primary amides is 1. The summed E-state index contributed by atoms with van der Waals surface area (Å²) in [5.41, 5.74) is 14.8. The minimum Gasteiger partial charge on any atom is -0.489 e. The number of amides is 1. The summed E-state index contributed by atoms with van der Waals surface area (Å²) < 4.78 is 12.9. The number of fused-ring (bicyclic) bond motifs is 2. The third-order valence-electron chi connectivity index (χ3n) is 5.93. The second-order valence-electron chi connectivity index (χ2n) is 8.31. The van der Waals surface area contributed by atoms with Gasteiger partial charge in [0.1, 0.15) is 35.0 Å². The maximum Gasteiger partial charge on any atom is 0.250 e. The summed E-state index contributed by atoms with van der Waals surface area (Å²) in [5, 5.41) is 4.24. The molecule has 0 aliphatic heterocycles. The minimum absolute atomic E-state index is 0.104. The van der Waals surface area contributed by atoms with Gasteiger partial charge in [0.2, 0.25) is 5.95 Å². The molecule has 10 nitrogen and oxygen atoms in total. The van der Waals surface area contributed by atoms with Crippen molar-refractivity contribution >= 4 is 33.7 Å². The smallest absolute Gasteiger partial charge is 0.250 e. The molecule has 0 aliphatic carbocycles. The second-order valence-corrected chi connectivity index (χ2v) is 8.31. The molecule has 0 saturated carbocycles. The van der Waals surface area contributed by atoms with E-state index in [1.807, 2.05) is 54.6 Å². The van der Waals surface area contributed by atoms with Gasteiger partial charge in [-0.3, -0.25) is 9.36 Å². The summed E-state index contributed by atoms with van der Waals surface area (Å²) in [6.07, 6.45) is 0. The fourth-order valence-corrected chi connectivity index (χ4v) is 4.19. The van der Waals surface area contributed by atoms with Crippen molar-refractivity contribution in [3.05, 3.63) is 83.7 Å². The van der Waals surface area contributed by atoms with Gasteiger partial charge >= 0.3 is 0 Å². The van der Waals surface area contributed by atoms with E-state index in [1.165, 1.54) is 0 Å². The van der Waals surface area contributed by atoms with Crippen LogP contribution in [0.25, 0.3) is 27.9 Å². The van der Waals surface area contributed by atoms with Crippen LogP contribution in [0, 0.1) is 0 Å². The van der Waals surface area contributed by atoms with E-state index in [-0.39, 0.29) is 6.54 Å². The van der Waals surface area contributed by atoms with Crippen molar-refractivity contribution in [2.24, 2.45) is 11.5 Å². The van der Waals surface area contributed by atoms with Crippen LogP contribution in [0.3, 0.4) is 0 Å². The van der Waals surface area contributed by atoms with Crippen molar-refractivity contribution in [2.45, 2.75) is 13.1 Å². The third kappa shape index (κ3) is 4.80. The Morgan fingerprint density at radius 1 is 0.946 bits per heavy atom. The highest BCUT2D eigenvalue weighted by atomic mass is 16.5. The highest BCUT2D eigenvalue weighted by Gasteiger charge is 2.20.